The zero-order valence-corrected chi connectivity index (χ0v) is 12.9. The summed E-state index contributed by atoms with van der Waals surface area (Å²) in [4.78, 5) is 0. The van der Waals surface area contributed by atoms with Gasteiger partial charge in [-0.2, -0.15) is 0 Å². The van der Waals surface area contributed by atoms with Gasteiger partial charge in [0, 0.05) is 15.6 Å². The van der Waals surface area contributed by atoms with Crippen LogP contribution in [0.15, 0.2) is 77.3 Å². The Labute approximate surface area is 132 Å². The molecule has 0 spiro atoms. The Bertz CT molecular complexity index is 747. The summed E-state index contributed by atoms with van der Waals surface area (Å²) in [6.07, 6.45) is -0.0291. The van der Waals surface area contributed by atoms with Gasteiger partial charge in [-0.3, -0.25) is 0 Å². The predicted molar refractivity (Wildman–Crippen MR) is 88.5 cm³/mol. The van der Waals surface area contributed by atoms with Crippen LogP contribution in [0.3, 0.4) is 0 Å². The largest absolute Gasteiger partial charge is 0.481 e. The third kappa shape index (κ3) is 2.16. The standard InChI is InChI=1S/C19H13BrO/c20-13-9-11-14(12-10-13)21-19-17-7-3-1-5-15(17)16-6-2-4-8-18(16)19/h1-12,19H. The lowest BCUT2D eigenvalue weighted by molar-refractivity contribution is 0.252. The van der Waals surface area contributed by atoms with Gasteiger partial charge in [0.2, 0.25) is 0 Å². The number of hydrogen-bond acceptors (Lipinski definition) is 1. The zero-order valence-electron chi connectivity index (χ0n) is 11.3. The van der Waals surface area contributed by atoms with Crippen molar-refractivity contribution in [2.45, 2.75) is 6.10 Å². The smallest absolute Gasteiger partial charge is 0.150 e. The van der Waals surface area contributed by atoms with Gasteiger partial charge in [0.1, 0.15) is 5.75 Å². The van der Waals surface area contributed by atoms with Crippen LogP contribution in [0, 0.1) is 0 Å². The summed E-state index contributed by atoms with van der Waals surface area (Å²) in [6.45, 7) is 0. The Morgan fingerprint density at radius 2 is 1.19 bits per heavy atom. The van der Waals surface area contributed by atoms with E-state index in [1.165, 1.54) is 22.3 Å². The molecule has 0 fully saturated rings. The maximum Gasteiger partial charge on any atom is 0.150 e. The van der Waals surface area contributed by atoms with Crippen molar-refractivity contribution in [3.8, 4) is 16.9 Å². The maximum atomic E-state index is 6.26. The van der Waals surface area contributed by atoms with Crippen LogP contribution in [0.5, 0.6) is 5.75 Å². The van der Waals surface area contributed by atoms with Gasteiger partial charge in [-0.15, -0.1) is 0 Å². The molecule has 1 aliphatic rings. The average Bonchev–Trinajstić information content (AvgIpc) is 2.85. The molecule has 0 aromatic heterocycles. The van der Waals surface area contributed by atoms with Crippen molar-refractivity contribution in [3.63, 3.8) is 0 Å². The normalized spacial score (nSPS) is 12.8. The Kier molecular flexibility index (Phi) is 3.04. The summed E-state index contributed by atoms with van der Waals surface area (Å²) in [6, 6.07) is 24.9. The van der Waals surface area contributed by atoms with Gasteiger partial charge in [-0.25, -0.2) is 0 Å². The molecule has 0 bridgehead atoms. The Balaban J connectivity index is 1.79. The summed E-state index contributed by atoms with van der Waals surface area (Å²) in [5.41, 5.74) is 5.02. The van der Waals surface area contributed by atoms with Crippen molar-refractivity contribution in [2.24, 2.45) is 0 Å². The van der Waals surface area contributed by atoms with Crippen LogP contribution in [0.2, 0.25) is 0 Å². The number of ether oxygens (including phenoxy) is 1. The van der Waals surface area contributed by atoms with Gasteiger partial charge in [0.25, 0.3) is 0 Å². The van der Waals surface area contributed by atoms with E-state index in [2.05, 4.69) is 64.5 Å². The number of benzene rings is 3. The highest BCUT2D eigenvalue weighted by Gasteiger charge is 2.29. The summed E-state index contributed by atoms with van der Waals surface area (Å²) in [7, 11) is 0. The maximum absolute atomic E-state index is 6.26. The van der Waals surface area contributed by atoms with Crippen LogP contribution in [-0.2, 0) is 0 Å². The number of hydrogen-bond donors (Lipinski definition) is 0. The second-order valence-corrected chi connectivity index (χ2v) is 6.04. The van der Waals surface area contributed by atoms with Crippen LogP contribution in [-0.4, -0.2) is 0 Å². The van der Waals surface area contributed by atoms with Crippen molar-refractivity contribution in [1.82, 2.24) is 0 Å². The number of fused-ring (bicyclic) bond motifs is 3. The molecular formula is C19H13BrO. The van der Waals surface area contributed by atoms with E-state index in [-0.39, 0.29) is 6.10 Å². The lowest BCUT2D eigenvalue weighted by atomic mass is 10.1. The van der Waals surface area contributed by atoms with Crippen LogP contribution < -0.4 is 4.74 Å². The monoisotopic (exact) mass is 336 g/mol. The van der Waals surface area contributed by atoms with Crippen LogP contribution >= 0.6 is 15.9 Å². The van der Waals surface area contributed by atoms with Crippen molar-refractivity contribution < 1.29 is 4.74 Å². The number of rotatable bonds is 2. The third-order valence-corrected chi connectivity index (χ3v) is 4.37. The van der Waals surface area contributed by atoms with Gasteiger partial charge in [-0.05, 0) is 35.4 Å². The lowest BCUT2D eigenvalue weighted by Crippen LogP contribution is -2.05. The van der Waals surface area contributed by atoms with E-state index >= 15 is 0 Å². The molecule has 0 N–H and O–H groups in total. The van der Waals surface area contributed by atoms with Gasteiger partial charge in [0.05, 0.1) is 0 Å². The van der Waals surface area contributed by atoms with E-state index in [0.717, 1.165) is 10.2 Å². The van der Waals surface area contributed by atoms with Crippen LogP contribution in [0.4, 0.5) is 0 Å². The minimum absolute atomic E-state index is 0.0291. The molecule has 0 aliphatic heterocycles. The van der Waals surface area contributed by atoms with E-state index in [0.29, 0.717) is 0 Å². The fourth-order valence-corrected chi connectivity index (χ4v) is 3.15. The molecule has 0 radical (unpaired) electrons. The molecular weight excluding hydrogens is 324 g/mol. The van der Waals surface area contributed by atoms with Crippen LogP contribution in [0.1, 0.15) is 17.2 Å². The molecule has 0 saturated carbocycles. The zero-order chi connectivity index (χ0) is 14.2. The molecule has 1 aliphatic carbocycles. The molecule has 2 heteroatoms. The second kappa shape index (κ2) is 5.05. The summed E-state index contributed by atoms with van der Waals surface area (Å²) in [5, 5.41) is 0. The van der Waals surface area contributed by atoms with Crippen molar-refractivity contribution in [2.75, 3.05) is 0 Å². The van der Waals surface area contributed by atoms with Crippen molar-refractivity contribution in [1.29, 1.82) is 0 Å². The molecule has 1 nitrogen and oxygen atoms in total. The van der Waals surface area contributed by atoms with Gasteiger partial charge in [0.15, 0.2) is 6.10 Å². The first kappa shape index (κ1) is 12.7. The predicted octanol–water partition coefficient (Wildman–Crippen LogP) is 5.60. The first-order valence-corrected chi connectivity index (χ1v) is 7.73. The van der Waals surface area contributed by atoms with E-state index < -0.39 is 0 Å². The van der Waals surface area contributed by atoms with E-state index in [4.69, 9.17) is 4.74 Å². The van der Waals surface area contributed by atoms with E-state index in [1.807, 2.05) is 24.3 Å². The lowest BCUT2D eigenvalue weighted by Gasteiger charge is -2.16. The molecule has 3 aromatic rings. The highest BCUT2D eigenvalue weighted by molar-refractivity contribution is 9.10. The Hall–Kier alpha value is -2.06. The molecule has 0 atom stereocenters. The SMILES string of the molecule is Brc1ccc(OC2c3ccccc3-c3ccccc32)cc1. The Morgan fingerprint density at radius 1 is 0.667 bits per heavy atom. The fraction of sp³-hybridized carbons (Fsp3) is 0.0526. The molecule has 4 rings (SSSR count). The number of halogens is 1. The Morgan fingerprint density at radius 3 is 1.76 bits per heavy atom. The second-order valence-electron chi connectivity index (χ2n) is 5.13. The molecule has 0 heterocycles. The summed E-state index contributed by atoms with van der Waals surface area (Å²) in [5.74, 6) is 0.884. The van der Waals surface area contributed by atoms with E-state index in [9.17, 15) is 0 Å². The fourth-order valence-electron chi connectivity index (χ4n) is 2.89. The quantitative estimate of drug-likeness (QED) is 0.592. The van der Waals surface area contributed by atoms with Gasteiger partial charge >= 0.3 is 0 Å². The van der Waals surface area contributed by atoms with Crippen molar-refractivity contribution >= 4 is 15.9 Å². The molecule has 3 aromatic carbocycles. The summed E-state index contributed by atoms with van der Waals surface area (Å²) >= 11 is 3.45. The summed E-state index contributed by atoms with van der Waals surface area (Å²) < 4.78 is 7.32. The van der Waals surface area contributed by atoms with Gasteiger partial charge in [-0.1, -0.05) is 64.5 Å². The van der Waals surface area contributed by atoms with Crippen LogP contribution in [0.25, 0.3) is 11.1 Å². The average molecular weight is 337 g/mol. The molecule has 0 saturated heterocycles. The molecule has 0 unspecified atom stereocenters. The molecule has 21 heavy (non-hydrogen) atoms. The third-order valence-electron chi connectivity index (χ3n) is 3.84. The first-order valence-electron chi connectivity index (χ1n) is 6.93. The minimum Gasteiger partial charge on any atom is -0.481 e. The van der Waals surface area contributed by atoms with E-state index in [1.54, 1.807) is 0 Å². The van der Waals surface area contributed by atoms with Gasteiger partial charge < -0.3 is 4.74 Å². The highest BCUT2D eigenvalue weighted by atomic mass is 79.9. The highest BCUT2D eigenvalue weighted by Crippen LogP contribution is 2.45. The minimum atomic E-state index is -0.0291. The van der Waals surface area contributed by atoms with Crippen molar-refractivity contribution in [3.05, 3.63) is 88.4 Å². The molecule has 102 valence electrons. The molecule has 0 amide bonds. The topological polar surface area (TPSA) is 9.23 Å². The first-order chi connectivity index (χ1) is 10.3.